The summed E-state index contributed by atoms with van der Waals surface area (Å²) < 4.78 is 44.8. The van der Waals surface area contributed by atoms with E-state index in [1.807, 2.05) is 0 Å². The molecule has 2 aromatic rings. The zero-order chi connectivity index (χ0) is 17.0. The highest BCUT2D eigenvalue weighted by Crippen LogP contribution is 2.20. The van der Waals surface area contributed by atoms with E-state index in [-0.39, 0.29) is 6.61 Å². The van der Waals surface area contributed by atoms with Crippen LogP contribution in [-0.4, -0.2) is 17.1 Å². The molecule has 0 aliphatic heterocycles. The van der Waals surface area contributed by atoms with Crippen LogP contribution in [0.25, 0.3) is 0 Å². The van der Waals surface area contributed by atoms with Crippen LogP contribution in [0.2, 0.25) is 0 Å². The summed E-state index contributed by atoms with van der Waals surface area (Å²) in [6.07, 6.45) is -1.02. The van der Waals surface area contributed by atoms with Crippen molar-refractivity contribution >= 4 is 11.6 Å². The monoisotopic (exact) mass is 325 g/mol. The number of amides is 1. The topological polar surface area (TPSA) is 58.6 Å². The Morgan fingerprint density at radius 2 is 1.87 bits per heavy atom. The standard InChI is InChI=1S/C16H14F3NO3/c1-9(23-11-4-2-3-10(5-11)8-21)16(22)20-15-7-13(18)12(17)6-14(15)19/h2-7,9,21H,8H2,1H3,(H,20,22). The van der Waals surface area contributed by atoms with E-state index < -0.39 is 35.2 Å². The molecular formula is C16H14F3NO3. The Bertz CT molecular complexity index is 722. The van der Waals surface area contributed by atoms with Gasteiger partial charge in [-0.1, -0.05) is 12.1 Å². The minimum absolute atomic E-state index is 0.183. The number of ether oxygens (including phenoxy) is 1. The van der Waals surface area contributed by atoms with Crippen molar-refractivity contribution in [2.24, 2.45) is 0 Å². The molecule has 0 aliphatic rings. The first-order chi connectivity index (χ1) is 10.9. The Balaban J connectivity index is 2.06. The fourth-order valence-electron chi connectivity index (χ4n) is 1.83. The molecule has 1 atom stereocenters. The molecule has 0 saturated carbocycles. The average molecular weight is 325 g/mol. The van der Waals surface area contributed by atoms with Crippen molar-refractivity contribution in [3.05, 3.63) is 59.4 Å². The van der Waals surface area contributed by atoms with Crippen molar-refractivity contribution in [1.82, 2.24) is 0 Å². The van der Waals surface area contributed by atoms with Gasteiger partial charge in [-0.2, -0.15) is 0 Å². The van der Waals surface area contributed by atoms with Crippen LogP contribution in [0.4, 0.5) is 18.9 Å². The van der Waals surface area contributed by atoms with Crippen LogP contribution in [0.1, 0.15) is 12.5 Å². The summed E-state index contributed by atoms with van der Waals surface area (Å²) in [5, 5.41) is 11.2. The molecule has 4 nitrogen and oxygen atoms in total. The maximum absolute atomic E-state index is 13.5. The molecule has 0 spiro atoms. The number of aliphatic hydroxyl groups excluding tert-OH is 1. The van der Waals surface area contributed by atoms with Gasteiger partial charge < -0.3 is 15.2 Å². The third kappa shape index (κ3) is 4.23. The Morgan fingerprint density at radius 3 is 2.57 bits per heavy atom. The lowest BCUT2D eigenvalue weighted by Crippen LogP contribution is -2.30. The second-order valence-electron chi connectivity index (χ2n) is 4.80. The van der Waals surface area contributed by atoms with Crippen LogP contribution in [0.3, 0.4) is 0 Å². The van der Waals surface area contributed by atoms with Crippen molar-refractivity contribution in [3.63, 3.8) is 0 Å². The lowest BCUT2D eigenvalue weighted by Gasteiger charge is -2.15. The van der Waals surface area contributed by atoms with Crippen molar-refractivity contribution in [2.45, 2.75) is 19.6 Å². The Hall–Kier alpha value is -2.54. The number of anilines is 1. The van der Waals surface area contributed by atoms with Crippen LogP contribution in [0.15, 0.2) is 36.4 Å². The lowest BCUT2D eigenvalue weighted by atomic mass is 10.2. The smallest absolute Gasteiger partial charge is 0.265 e. The second kappa shape index (κ2) is 7.15. The van der Waals surface area contributed by atoms with Crippen molar-refractivity contribution in [3.8, 4) is 5.75 Å². The summed E-state index contributed by atoms with van der Waals surface area (Å²) in [7, 11) is 0. The predicted molar refractivity (Wildman–Crippen MR) is 77.4 cm³/mol. The third-order valence-corrected chi connectivity index (χ3v) is 3.03. The second-order valence-corrected chi connectivity index (χ2v) is 4.80. The van der Waals surface area contributed by atoms with E-state index in [0.29, 0.717) is 23.4 Å². The summed E-state index contributed by atoms with van der Waals surface area (Å²) in [5.74, 6) is -4.10. The summed E-state index contributed by atoms with van der Waals surface area (Å²) in [6.45, 7) is 1.23. The van der Waals surface area contributed by atoms with Gasteiger partial charge in [0, 0.05) is 12.1 Å². The molecule has 0 heterocycles. The molecule has 23 heavy (non-hydrogen) atoms. The van der Waals surface area contributed by atoms with Crippen LogP contribution >= 0.6 is 0 Å². The SMILES string of the molecule is CC(Oc1cccc(CO)c1)C(=O)Nc1cc(F)c(F)cc1F. The van der Waals surface area contributed by atoms with E-state index in [1.54, 1.807) is 24.3 Å². The number of benzene rings is 2. The van der Waals surface area contributed by atoms with E-state index in [4.69, 9.17) is 9.84 Å². The van der Waals surface area contributed by atoms with Gasteiger partial charge in [-0.3, -0.25) is 4.79 Å². The first kappa shape index (κ1) is 16.8. The van der Waals surface area contributed by atoms with E-state index in [2.05, 4.69) is 5.32 Å². The van der Waals surface area contributed by atoms with Gasteiger partial charge in [-0.05, 0) is 24.6 Å². The molecule has 1 amide bonds. The minimum atomic E-state index is -1.34. The van der Waals surface area contributed by atoms with E-state index in [0.717, 1.165) is 0 Å². The molecule has 0 bridgehead atoms. The normalized spacial score (nSPS) is 11.9. The molecule has 0 saturated heterocycles. The van der Waals surface area contributed by atoms with Crippen LogP contribution in [0.5, 0.6) is 5.75 Å². The molecule has 0 fully saturated rings. The molecule has 7 heteroatoms. The zero-order valence-corrected chi connectivity index (χ0v) is 12.1. The fourth-order valence-corrected chi connectivity index (χ4v) is 1.83. The fraction of sp³-hybridized carbons (Fsp3) is 0.188. The molecule has 0 aromatic heterocycles. The minimum Gasteiger partial charge on any atom is -0.481 e. The average Bonchev–Trinajstić information content (AvgIpc) is 2.52. The number of halogens is 3. The first-order valence-corrected chi connectivity index (χ1v) is 6.72. The van der Waals surface area contributed by atoms with Gasteiger partial charge in [0.05, 0.1) is 12.3 Å². The molecule has 2 rings (SSSR count). The summed E-state index contributed by atoms with van der Waals surface area (Å²) in [6, 6.07) is 7.35. The number of rotatable bonds is 5. The van der Waals surface area contributed by atoms with Crippen LogP contribution in [0, 0.1) is 17.5 Å². The van der Waals surface area contributed by atoms with Gasteiger partial charge in [0.1, 0.15) is 11.6 Å². The Kier molecular flexibility index (Phi) is 5.23. The van der Waals surface area contributed by atoms with Gasteiger partial charge in [-0.15, -0.1) is 0 Å². The number of hydrogen-bond acceptors (Lipinski definition) is 3. The molecule has 0 aliphatic carbocycles. The van der Waals surface area contributed by atoms with E-state index in [1.165, 1.54) is 6.92 Å². The van der Waals surface area contributed by atoms with Gasteiger partial charge in [0.25, 0.3) is 5.91 Å². The number of carbonyl (C=O) groups is 1. The Labute approximate surface area is 130 Å². The van der Waals surface area contributed by atoms with Crippen LogP contribution in [-0.2, 0) is 11.4 Å². The maximum Gasteiger partial charge on any atom is 0.265 e. The molecule has 122 valence electrons. The predicted octanol–water partition coefficient (Wildman–Crippen LogP) is 3.00. The van der Waals surface area contributed by atoms with Crippen molar-refractivity contribution < 1.29 is 27.8 Å². The van der Waals surface area contributed by atoms with Gasteiger partial charge in [0.2, 0.25) is 0 Å². The number of aliphatic hydroxyl groups is 1. The Morgan fingerprint density at radius 1 is 1.17 bits per heavy atom. The van der Waals surface area contributed by atoms with Crippen molar-refractivity contribution in [1.29, 1.82) is 0 Å². The number of nitrogens with one attached hydrogen (secondary N) is 1. The molecule has 1 unspecified atom stereocenters. The quantitative estimate of drug-likeness (QED) is 0.831. The largest absolute Gasteiger partial charge is 0.481 e. The third-order valence-electron chi connectivity index (χ3n) is 3.03. The number of hydrogen-bond donors (Lipinski definition) is 2. The zero-order valence-electron chi connectivity index (χ0n) is 12.1. The van der Waals surface area contributed by atoms with Gasteiger partial charge in [0.15, 0.2) is 17.7 Å². The summed E-state index contributed by atoms with van der Waals surface area (Å²) in [5.41, 5.74) is 0.121. The number of carbonyl (C=O) groups excluding carboxylic acids is 1. The van der Waals surface area contributed by atoms with Crippen molar-refractivity contribution in [2.75, 3.05) is 5.32 Å². The molecule has 2 aromatic carbocycles. The maximum atomic E-state index is 13.5. The van der Waals surface area contributed by atoms with E-state index >= 15 is 0 Å². The van der Waals surface area contributed by atoms with Crippen LogP contribution < -0.4 is 10.1 Å². The molecular weight excluding hydrogens is 311 g/mol. The van der Waals surface area contributed by atoms with Gasteiger partial charge >= 0.3 is 0 Å². The molecule has 2 N–H and O–H groups in total. The lowest BCUT2D eigenvalue weighted by molar-refractivity contribution is -0.122. The first-order valence-electron chi connectivity index (χ1n) is 6.72. The summed E-state index contributed by atoms with van der Waals surface area (Å²) in [4.78, 5) is 12.0. The highest BCUT2D eigenvalue weighted by molar-refractivity contribution is 5.94. The van der Waals surface area contributed by atoms with E-state index in [9.17, 15) is 18.0 Å². The van der Waals surface area contributed by atoms with Gasteiger partial charge in [-0.25, -0.2) is 13.2 Å². The molecule has 0 radical (unpaired) electrons. The summed E-state index contributed by atoms with van der Waals surface area (Å²) >= 11 is 0. The highest BCUT2D eigenvalue weighted by Gasteiger charge is 2.18. The highest BCUT2D eigenvalue weighted by atomic mass is 19.2.